The number of nitrogens with one attached hydrogen (secondary N) is 1. The van der Waals surface area contributed by atoms with Crippen LogP contribution < -0.4 is 5.32 Å². The fourth-order valence-electron chi connectivity index (χ4n) is 3.05. The van der Waals surface area contributed by atoms with E-state index in [-0.39, 0.29) is 17.9 Å². The van der Waals surface area contributed by atoms with Crippen LogP contribution in [0.1, 0.15) is 44.7 Å². The maximum atomic E-state index is 12.0. The predicted molar refractivity (Wildman–Crippen MR) is 94.1 cm³/mol. The lowest BCUT2D eigenvalue weighted by Gasteiger charge is -2.20. The van der Waals surface area contributed by atoms with Crippen LogP contribution in [0, 0.1) is 0 Å². The molecule has 2 N–H and O–H groups in total. The number of likely N-dealkylation sites (tertiary alicyclic amines) is 1. The number of amides is 1. The average Bonchev–Trinajstić information content (AvgIpc) is 2.95. The Morgan fingerprint density at radius 2 is 1.92 bits per heavy atom. The van der Waals surface area contributed by atoms with E-state index in [4.69, 9.17) is 5.11 Å². The van der Waals surface area contributed by atoms with Gasteiger partial charge in [-0.25, -0.2) is 0 Å². The number of benzene rings is 1. The van der Waals surface area contributed by atoms with Crippen molar-refractivity contribution in [2.24, 2.45) is 0 Å². The Morgan fingerprint density at radius 1 is 1.25 bits per heavy atom. The highest BCUT2D eigenvalue weighted by Gasteiger charge is 2.31. The Kier molecular flexibility index (Phi) is 5.99. The smallest absolute Gasteiger partial charge is 0.320 e. The van der Waals surface area contributed by atoms with Crippen molar-refractivity contribution < 1.29 is 14.7 Å². The predicted octanol–water partition coefficient (Wildman–Crippen LogP) is 2.19. The molecule has 1 fully saturated rings. The number of rotatable bonds is 6. The summed E-state index contributed by atoms with van der Waals surface area (Å²) in [5.74, 6) is -0.936. The Balaban J connectivity index is 1.75. The largest absolute Gasteiger partial charge is 0.480 e. The van der Waals surface area contributed by atoms with E-state index >= 15 is 0 Å². The molecule has 0 bridgehead atoms. The van der Waals surface area contributed by atoms with Gasteiger partial charge >= 0.3 is 5.97 Å². The molecule has 1 saturated heterocycles. The van der Waals surface area contributed by atoms with Gasteiger partial charge in [0.25, 0.3) is 0 Å². The van der Waals surface area contributed by atoms with Crippen molar-refractivity contribution in [2.75, 3.05) is 19.6 Å². The molecule has 1 heterocycles. The normalized spacial score (nSPS) is 18.5. The highest BCUT2D eigenvalue weighted by Crippen LogP contribution is 2.22. The highest BCUT2D eigenvalue weighted by molar-refractivity contribution is 5.80. The lowest BCUT2D eigenvalue weighted by Crippen LogP contribution is -2.43. The molecule has 1 amide bonds. The molecule has 0 unspecified atom stereocenters. The monoisotopic (exact) mass is 332 g/mol. The third-order valence-electron chi connectivity index (χ3n) is 4.55. The molecule has 1 aromatic carbocycles. The minimum absolute atomic E-state index is 0.102. The lowest BCUT2D eigenvalue weighted by atomic mass is 9.86. The van der Waals surface area contributed by atoms with Crippen LogP contribution in [0.4, 0.5) is 0 Å². The summed E-state index contributed by atoms with van der Waals surface area (Å²) < 4.78 is 0. The lowest BCUT2D eigenvalue weighted by molar-refractivity contribution is -0.142. The van der Waals surface area contributed by atoms with Crippen LogP contribution >= 0.6 is 0 Å². The summed E-state index contributed by atoms with van der Waals surface area (Å²) in [6.07, 6.45) is 2.24. The number of hydrogen-bond acceptors (Lipinski definition) is 3. The SMILES string of the molecule is CC(C)(C)c1ccc(CCNC(=O)CN2CCC[C@@H]2C(=O)O)cc1. The number of hydrogen-bond donors (Lipinski definition) is 2. The van der Waals surface area contributed by atoms with Gasteiger partial charge in [-0.15, -0.1) is 0 Å². The molecule has 0 aromatic heterocycles. The van der Waals surface area contributed by atoms with Gasteiger partial charge in [0, 0.05) is 6.54 Å². The Bertz CT molecular complexity index is 575. The van der Waals surface area contributed by atoms with Crippen LogP contribution in [0.3, 0.4) is 0 Å². The molecular formula is C19H28N2O3. The van der Waals surface area contributed by atoms with Crippen LogP contribution in [-0.2, 0) is 21.4 Å². The highest BCUT2D eigenvalue weighted by atomic mass is 16.4. The maximum absolute atomic E-state index is 12.0. The van der Waals surface area contributed by atoms with E-state index in [1.165, 1.54) is 11.1 Å². The minimum Gasteiger partial charge on any atom is -0.480 e. The van der Waals surface area contributed by atoms with Gasteiger partial charge in [-0.2, -0.15) is 0 Å². The van der Waals surface area contributed by atoms with Crippen molar-refractivity contribution in [1.29, 1.82) is 0 Å². The number of carbonyl (C=O) groups excluding carboxylic acids is 1. The quantitative estimate of drug-likeness (QED) is 0.838. The first kappa shape index (κ1) is 18.5. The minimum atomic E-state index is -0.834. The molecule has 1 aliphatic rings. The van der Waals surface area contributed by atoms with Crippen molar-refractivity contribution in [1.82, 2.24) is 10.2 Å². The molecule has 0 spiro atoms. The third-order valence-corrected chi connectivity index (χ3v) is 4.55. The van der Waals surface area contributed by atoms with Crippen molar-refractivity contribution >= 4 is 11.9 Å². The van der Waals surface area contributed by atoms with E-state index in [1.54, 1.807) is 4.90 Å². The fourth-order valence-corrected chi connectivity index (χ4v) is 3.05. The molecule has 132 valence electrons. The first-order chi connectivity index (χ1) is 11.3. The van der Waals surface area contributed by atoms with E-state index in [0.29, 0.717) is 19.5 Å². The first-order valence-electron chi connectivity index (χ1n) is 8.60. The van der Waals surface area contributed by atoms with E-state index in [2.05, 4.69) is 50.4 Å². The van der Waals surface area contributed by atoms with Gasteiger partial charge in [0.1, 0.15) is 6.04 Å². The summed E-state index contributed by atoms with van der Waals surface area (Å²) in [4.78, 5) is 24.9. The van der Waals surface area contributed by atoms with Crippen LogP contribution in [0.5, 0.6) is 0 Å². The molecule has 1 atom stereocenters. The number of carboxylic acids is 1. The van der Waals surface area contributed by atoms with Crippen LogP contribution in [0.2, 0.25) is 0 Å². The molecule has 5 heteroatoms. The van der Waals surface area contributed by atoms with Gasteiger partial charge in [0.15, 0.2) is 0 Å². The maximum Gasteiger partial charge on any atom is 0.320 e. The second kappa shape index (κ2) is 7.79. The summed E-state index contributed by atoms with van der Waals surface area (Å²) in [6.45, 7) is 7.97. The van der Waals surface area contributed by atoms with Gasteiger partial charge in [0.2, 0.25) is 5.91 Å². The fraction of sp³-hybridized carbons (Fsp3) is 0.579. The van der Waals surface area contributed by atoms with Crippen LogP contribution in [0.15, 0.2) is 24.3 Å². The molecule has 1 aromatic rings. The Morgan fingerprint density at radius 3 is 2.50 bits per heavy atom. The Labute approximate surface area is 144 Å². The zero-order chi connectivity index (χ0) is 17.7. The van der Waals surface area contributed by atoms with Gasteiger partial charge in [-0.3, -0.25) is 14.5 Å². The Hall–Kier alpha value is -1.88. The second-order valence-electron chi connectivity index (χ2n) is 7.51. The van der Waals surface area contributed by atoms with E-state index in [1.807, 2.05) is 0 Å². The van der Waals surface area contributed by atoms with Gasteiger partial charge in [0.05, 0.1) is 6.54 Å². The summed E-state index contributed by atoms with van der Waals surface area (Å²) in [5.41, 5.74) is 2.63. The van der Waals surface area contributed by atoms with Crippen LogP contribution in [-0.4, -0.2) is 47.6 Å². The number of carboxylic acid groups (broad SMARTS) is 1. The van der Waals surface area contributed by atoms with Gasteiger partial charge < -0.3 is 10.4 Å². The zero-order valence-electron chi connectivity index (χ0n) is 14.8. The molecule has 1 aliphatic heterocycles. The summed E-state index contributed by atoms with van der Waals surface area (Å²) in [6, 6.07) is 7.97. The second-order valence-corrected chi connectivity index (χ2v) is 7.51. The molecule has 0 radical (unpaired) electrons. The van der Waals surface area contributed by atoms with Crippen molar-refractivity contribution in [3.63, 3.8) is 0 Å². The summed E-state index contributed by atoms with van der Waals surface area (Å²) in [7, 11) is 0. The summed E-state index contributed by atoms with van der Waals surface area (Å²) >= 11 is 0. The first-order valence-corrected chi connectivity index (χ1v) is 8.60. The topological polar surface area (TPSA) is 69.6 Å². The molecule has 5 nitrogen and oxygen atoms in total. The van der Waals surface area contributed by atoms with Crippen LogP contribution in [0.25, 0.3) is 0 Å². The van der Waals surface area contributed by atoms with E-state index in [0.717, 1.165) is 12.8 Å². The third kappa shape index (κ3) is 5.06. The van der Waals surface area contributed by atoms with E-state index in [9.17, 15) is 9.59 Å². The molecule has 0 aliphatic carbocycles. The molecule has 0 saturated carbocycles. The van der Waals surface area contributed by atoms with Crippen molar-refractivity contribution in [3.8, 4) is 0 Å². The van der Waals surface area contributed by atoms with Gasteiger partial charge in [-0.05, 0) is 42.3 Å². The van der Waals surface area contributed by atoms with E-state index < -0.39 is 12.0 Å². The van der Waals surface area contributed by atoms with Crippen molar-refractivity contribution in [2.45, 2.75) is 51.5 Å². The standard InChI is InChI=1S/C19H28N2O3/c1-19(2,3)15-8-6-14(7-9-15)10-11-20-17(22)13-21-12-4-5-16(21)18(23)24/h6-9,16H,4-5,10-13H2,1-3H3,(H,20,22)(H,23,24)/t16-/m1/s1. The molecule has 2 rings (SSSR count). The average molecular weight is 332 g/mol. The molecular weight excluding hydrogens is 304 g/mol. The summed E-state index contributed by atoms with van der Waals surface area (Å²) in [5, 5.41) is 12.0. The number of carbonyl (C=O) groups is 2. The van der Waals surface area contributed by atoms with Gasteiger partial charge in [-0.1, -0.05) is 45.0 Å². The van der Waals surface area contributed by atoms with Crippen molar-refractivity contribution in [3.05, 3.63) is 35.4 Å². The number of aliphatic carboxylic acids is 1. The molecule has 24 heavy (non-hydrogen) atoms. The number of nitrogens with zero attached hydrogens (tertiary/aromatic N) is 1. The zero-order valence-corrected chi connectivity index (χ0v) is 14.8.